The fraction of sp³-hybridized carbons (Fsp3) is 0.333. The molecule has 4 heteroatoms. The van der Waals surface area contributed by atoms with Crippen LogP contribution >= 0.6 is 0 Å². The van der Waals surface area contributed by atoms with Crippen LogP contribution in [0.5, 0.6) is 0 Å². The van der Waals surface area contributed by atoms with Crippen LogP contribution in [-0.2, 0) is 13.1 Å². The number of rotatable bonds is 5. The van der Waals surface area contributed by atoms with Gasteiger partial charge in [-0.3, -0.25) is 0 Å². The van der Waals surface area contributed by atoms with Crippen molar-refractivity contribution in [3.05, 3.63) is 47.9 Å². The largest absolute Gasteiger partial charge is 0.392 e. The molecule has 0 amide bonds. The van der Waals surface area contributed by atoms with Crippen molar-refractivity contribution in [1.29, 1.82) is 0 Å². The molecule has 102 valence electrons. The fourth-order valence-corrected chi connectivity index (χ4v) is 2.20. The average Bonchev–Trinajstić information content (AvgIpc) is 2.72. The number of hydrogen-bond acceptors (Lipinski definition) is 2. The molecule has 2 aromatic rings. The Morgan fingerprint density at radius 2 is 2.11 bits per heavy atom. The van der Waals surface area contributed by atoms with E-state index in [0.717, 1.165) is 11.3 Å². The molecule has 0 aliphatic rings. The third kappa shape index (κ3) is 3.22. The summed E-state index contributed by atoms with van der Waals surface area (Å²) in [6, 6.07) is 8.65. The Kier molecular flexibility index (Phi) is 4.35. The minimum absolute atomic E-state index is 0.247. The van der Waals surface area contributed by atoms with Gasteiger partial charge in [-0.15, -0.1) is 0 Å². The van der Waals surface area contributed by atoms with Crippen LogP contribution in [0.3, 0.4) is 0 Å². The Morgan fingerprint density at radius 3 is 2.74 bits per heavy atom. The quantitative estimate of drug-likeness (QED) is 0.868. The summed E-state index contributed by atoms with van der Waals surface area (Å²) in [6.45, 7) is 2.89. The van der Waals surface area contributed by atoms with Gasteiger partial charge < -0.3 is 15.0 Å². The lowest BCUT2D eigenvalue weighted by Gasteiger charge is -2.11. The van der Waals surface area contributed by atoms with Crippen molar-refractivity contribution in [2.24, 2.45) is 0 Å². The molecule has 0 aliphatic heterocycles. The molecule has 1 aromatic heterocycles. The van der Waals surface area contributed by atoms with Crippen LogP contribution in [0.25, 0.3) is 11.3 Å². The summed E-state index contributed by atoms with van der Waals surface area (Å²) in [5.41, 5.74) is 2.43. The van der Waals surface area contributed by atoms with Gasteiger partial charge in [0.25, 0.3) is 0 Å². The molecule has 1 atom stereocenters. The number of hydrogen-bond donors (Lipinski definition) is 2. The maximum absolute atomic E-state index is 13.9. The van der Waals surface area contributed by atoms with Crippen molar-refractivity contribution in [1.82, 2.24) is 9.88 Å². The SMILES string of the molecule is CNCc1cc(-c2ccccc2F)n(CC(C)O)c1. The van der Waals surface area contributed by atoms with E-state index < -0.39 is 6.10 Å². The Bertz CT molecular complexity index is 549. The normalized spacial score (nSPS) is 12.6. The van der Waals surface area contributed by atoms with Crippen molar-refractivity contribution < 1.29 is 9.50 Å². The second-order valence-electron chi connectivity index (χ2n) is 4.75. The van der Waals surface area contributed by atoms with Gasteiger partial charge in [-0.1, -0.05) is 12.1 Å². The van der Waals surface area contributed by atoms with E-state index >= 15 is 0 Å². The summed E-state index contributed by atoms with van der Waals surface area (Å²) in [5, 5.41) is 12.6. The lowest BCUT2D eigenvalue weighted by Crippen LogP contribution is -2.12. The molecule has 1 heterocycles. The van der Waals surface area contributed by atoms with Crippen molar-refractivity contribution in [2.45, 2.75) is 26.1 Å². The highest BCUT2D eigenvalue weighted by Crippen LogP contribution is 2.25. The number of benzene rings is 1. The molecule has 2 rings (SSSR count). The number of nitrogens with zero attached hydrogens (tertiary/aromatic N) is 1. The van der Waals surface area contributed by atoms with Gasteiger partial charge in [0.05, 0.1) is 11.8 Å². The van der Waals surface area contributed by atoms with E-state index in [2.05, 4.69) is 5.32 Å². The second-order valence-corrected chi connectivity index (χ2v) is 4.75. The third-order valence-corrected chi connectivity index (χ3v) is 2.94. The van der Waals surface area contributed by atoms with E-state index in [9.17, 15) is 9.50 Å². The molecule has 0 bridgehead atoms. The minimum atomic E-state index is -0.472. The summed E-state index contributed by atoms with van der Waals surface area (Å²) in [6.07, 6.45) is 1.48. The molecular weight excluding hydrogens is 243 g/mol. The first kappa shape index (κ1) is 13.8. The number of aliphatic hydroxyl groups is 1. The molecule has 19 heavy (non-hydrogen) atoms. The third-order valence-electron chi connectivity index (χ3n) is 2.94. The van der Waals surface area contributed by atoms with Gasteiger partial charge in [-0.25, -0.2) is 4.39 Å². The maximum atomic E-state index is 13.9. The van der Waals surface area contributed by atoms with E-state index in [4.69, 9.17) is 0 Å². The minimum Gasteiger partial charge on any atom is -0.392 e. The molecule has 1 unspecified atom stereocenters. The zero-order valence-electron chi connectivity index (χ0n) is 11.2. The van der Waals surface area contributed by atoms with E-state index in [1.807, 2.05) is 29.9 Å². The standard InChI is InChI=1S/C15H19FN2O/c1-11(19)9-18-10-12(8-17-2)7-15(18)13-5-3-4-6-14(13)16/h3-7,10-11,17,19H,8-9H2,1-2H3. The van der Waals surface area contributed by atoms with Gasteiger partial charge in [-0.2, -0.15) is 0 Å². The number of nitrogens with one attached hydrogen (secondary N) is 1. The maximum Gasteiger partial charge on any atom is 0.132 e. The Hall–Kier alpha value is -1.65. The van der Waals surface area contributed by atoms with Crippen LogP contribution in [0.1, 0.15) is 12.5 Å². The highest BCUT2D eigenvalue weighted by Gasteiger charge is 2.12. The molecular formula is C15H19FN2O. The molecule has 3 nitrogen and oxygen atoms in total. The summed E-state index contributed by atoms with van der Waals surface area (Å²) in [7, 11) is 1.87. The summed E-state index contributed by atoms with van der Waals surface area (Å²) < 4.78 is 15.8. The van der Waals surface area contributed by atoms with E-state index in [1.165, 1.54) is 6.07 Å². The number of halogens is 1. The molecule has 1 aromatic carbocycles. The van der Waals surface area contributed by atoms with Crippen molar-refractivity contribution in [3.8, 4) is 11.3 Å². The predicted molar refractivity (Wildman–Crippen MR) is 74.3 cm³/mol. The van der Waals surface area contributed by atoms with Gasteiger partial charge in [0.1, 0.15) is 5.82 Å². The van der Waals surface area contributed by atoms with E-state index in [0.29, 0.717) is 18.7 Å². The predicted octanol–water partition coefficient (Wildman–Crippen LogP) is 2.39. The van der Waals surface area contributed by atoms with Crippen LogP contribution in [0.15, 0.2) is 36.5 Å². The average molecular weight is 262 g/mol. The Labute approximate surface area is 112 Å². The molecule has 0 saturated carbocycles. The molecule has 0 saturated heterocycles. The van der Waals surface area contributed by atoms with E-state index in [1.54, 1.807) is 19.1 Å². The van der Waals surface area contributed by atoms with Gasteiger partial charge in [0.15, 0.2) is 0 Å². The summed E-state index contributed by atoms with van der Waals surface area (Å²) in [4.78, 5) is 0. The first-order chi connectivity index (χ1) is 9.11. The first-order valence-electron chi connectivity index (χ1n) is 6.38. The van der Waals surface area contributed by atoms with Crippen molar-refractivity contribution >= 4 is 0 Å². The van der Waals surface area contributed by atoms with Crippen LogP contribution in [-0.4, -0.2) is 22.8 Å². The number of aliphatic hydroxyl groups excluding tert-OH is 1. The van der Waals surface area contributed by atoms with Crippen molar-refractivity contribution in [3.63, 3.8) is 0 Å². The highest BCUT2D eigenvalue weighted by molar-refractivity contribution is 5.62. The van der Waals surface area contributed by atoms with Crippen LogP contribution in [0.2, 0.25) is 0 Å². The fourth-order valence-electron chi connectivity index (χ4n) is 2.20. The summed E-state index contributed by atoms with van der Waals surface area (Å²) in [5.74, 6) is -0.247. The lowest BCUT2D eigenvalue weighted by molar-refractivity contribution is 0.174. The molecule has 0 spiro atoms. The van der Waals surface area contributed by atoms with Gasteiger partial charge in [-0.05, 0) is 37.7 Å². The Morgan fingerprint density at radius 1 is 1.37 bits per heavy atom. The van der Waals surface area contributed by atoms with Crippen molar-refractivity contribution in [2.75, 3.05) is 7.05 Å². The van der Waals surface area contributed by atoms with Gasteiger partial charge in [0, 0.05) is 24.8 Å². The smallest absolute Gasteiger partial charge is 0.132 e. The lowest BCUT2D eigenvalue weighted by atomic mass is 10.1. The highest BCUT2D eigenvalue weighted by atomic mass is 19.1. The molecule has 0 aliphatic carbocycles. The van der Waals surface area contributed by atoms with E-state index in [-0.39, 0.29) is 5.82 Å². The van der Waals surface area contributed by atoms with Gasteiger partial charge in [0.2, 0.25) is 0 Å². The first-order valence-corrected chi connectivity index (χ1v) is 6.38. The van der Waals surface area contributed by atoms with Crippen LogP contribution < -0.4 is 5.32 Å². The molecule has 0 radical (unpaired) electrons. The molecule has 0 fully saturated rings. The number of aromatic nitrogens is 1. The van der Waals surface area contributed by atoms with Gasteiger partial charge >= 0.3 is 0 Å². The van der Waals surface area contributed by atoms with Crippen LogP contribution in [0, 0.1) is 5.82 Å². The Balaban J connectivity index is 2.45. The second kappa shape index (κ2) is 5.99. The zero-order chi connectivity index (χ0) is 13.8. The van der Waals surface area contributed by atoms with Crippen LogP contribution in [0.4, 0.5) is 4.39 Å². The zero-order valence-corrected chi connectivity index (χ0v) is 11.2. The molecule has 2 N–H and O–H groups in total. The summed E-state index contributed by atoms with van der Waals surface area (Å²) >= 11 is 0. The topological polar surface area (TPSA) is 37.2 Å². The monoisotopic (exact) mass is 262 g/mol.